The first-order chi connectivity index (χ1) is 11.8. The summed E-state index contributed by atoms with van der Waals surface area (Å²) in [6.07, 6.45) is 2.86. The number of carbonyl (C=O) groups is 1. The van der Waals surface area contributed by atoms with Gasteiger partial charge in [0.1, 0.15) is 0 Å². The summed E-state index contributed by atoms with van der Waals surface area (Å²) in [6, 6.07) is 5.44. The summed E-state index contributed by atoms with van der Waals surface area (Å²) in [6.45, 7) is 3.33. The minimum absolute atomic E-state index is 0.0979. The molecule has 1 aliphatic heterocycles. The van der Waals surface area contributed by atoms with E-state index in [1.807, 2.05) is 19.1 Å². The van der Waals surface area contributed by atoms with Gasteiger partial charge < -0.3 is 9.32 Å². The van der Waals surface area contributed by atoms with E-state index in [0.29, 0.717) is 36.0 Å². The van der Waals surface area contributed by atoms with Crippen LogP contribution in [0, 0.1) is 12.8 Å². The number of hydrogen-bond acceptors (Lipinski definition) is 4. The van der Waals surface area contributed by atoms with Crippen molar-refractivity contribution in [3.8, 4) is 0 Å². The predicted octanol–water partition coefficient (Wildman–Crippen LogP) is 2.80. The molecule has 2 aromatic rings. The summed E-state index contributed by atoms with van der Waals surface area (Å²) in [5.41, 5.74) is 1.30. The molecular weight excluding hydrogens is 364 g/mol. The van der Waals surface area contributed by atoms with Gasteiger partial charge in [0, 0.05) is 30.6 Å². The van der Waals surface area contributed by atoms with E-state index < -0.39 is 10.0 Å². The molecule has 2 heterocycles. The minimum Gasteiger partial charge on any atom is -0.449 e. The molecule has 3 rings (SSSR count). The van der Waals surface area contributed by atoms with Crippen LogP contribution in [0.5, 0.6) is 0 Å². The van der Waals surface area contributed by atoms with Crippen molar-refractivity contribution in [2.45, 2.75) is 19.8 Å². The molecule has 1 aromatic heterocycles. The van der Waals surface area contributed by atoms with Gasteiger partial charge in [0.2, 0.25) is 10.0 Å². The average molecular weight is 385 g/mol. The molecule has 0 aliphatic carbocycles. The van der Waals surface area contributed by atoms with Gasteiger partial charge in [-0.05, 0) is 31.7 Å². The number of sulfonamides is 1. The second-order valence-electron chi connectivity index (χ2n) is 6.55. The number of hydrogen-bond donors (Lipinski definition) is 1. The maximum atomic E-state index is 12.9. The SMILES string of the molecule is Cc1c(C(=O)N2CCCC(CNS(C)(=O)=O)C2)oc2c(Cl)cccc12. The highest BCUT2D eigenvalue weighted by Gasteiger charge is 2.28. The van der Waals surface area contributed by atoms with Gasteiger partial charge in [-0.2, -0.15) is 0 Å². The molecule has 1 fully saturated rings. The highest BCUT2D eigenvalue weighted by Crippen LogP contribution is 2.32. The molecule has 0 spiro atoms. The van der Waals surface area contributed by atoms with Crippen LogP contribution in [0.4, 0.5) is 0 Å². The molecule has 136 valence electrons. The summed E-state index contributed by atoms with van der Waals surface area (Å²) in [5, 5.41) is 1.32. The summed E-state index contributed by atoms with van der Waals surface area (Å²) < 4.78 is 30.8. The van der Waals surface area contributed by atoms with Gasteiger partial charge in [-0.15, -0.1) is 0 Å². The van der Waals surface area contributed by atoms with E-state index in [2.05, 4.69) is 4.72 Å². The molecule has 1 amide bonds. The number of rotatable bonds is 4. The number of piperidine rings is 1. The minimum atomic E-state index is -3.23. The fraction of sp³-hybridized carbons (Fsp3) is 0.471. The van der Waals surface area contributed by atoms with E-state index in [4.69, 9.17) is 16.0 Å². The standard InChI is InChI=1S/C17H21ClN2O4S/c1-11-13-6-3-7-14(18)16(13)24-15(11)17(21)20-8-4-5-12(10-20)9-19-25(2,22)23/h3,6-7,12,19H,4-5,8-10H2,1-2H3. The van der Waals surface area contributed by atoms with Crippen LogP contribution in [0.3, 0.4) is 0 Å². The Balaban J connectivity index is 1.79. The largest absolute Gasteiger partial charge is 0.449 e. The molecule has 6 nitrogen and oxygen atoms in total. The third-order valence-electron chi connectivity index (χ3n) is 4.55. The zero-order valence-electron chi connectivity index (χ0n) is 14.2. The third kappa shape index (κ3) is 3.99. The molecule has 0 bridgehead atoms. The Morgan fingerprint density at radius 2 is 2.20 bits per heavy atom. The average Bonchev–Trinajstić information content (AvgIpc) is 2.91. The van der Waals surface area contributed by atoms with Crippen molar-refractivity contribution in [3.05, 3.63) is 34.5 Å². The van der Waals surface area contributed by atoms with E-state index in [1.165, 1.54) is 0 Å². The lowest BCUT2D eigenvalue weighted by atomic mass is 9.98. The van der Waals surface area contributed by atoms with E-state index in [9.17, 15) is 13.2 Å². The number of halogens is 1. The number of nitrogens with one attached hydrogen (secondary N) is 1. The van der Waals surface area contributed by atoms with Crippen LogP contribution in [0.1, 0.15) is 29.0 Å². The fourth-order valence-corrected chi connectivity index (χ4v) is 3.99. The van der Waals surface area contributed by atoms with E-state index in [0.717, 1.165) is 30.0 Å². The highest BCUT2D eigenvalue weighted by molar-refractivity contribution is 7.88. The molecule has 0 radical (unpaired) electrons. The lowest BCUT2D eigenvalue weighted by Crippen LogP contribution is -2.43. The van der Waals surface area contributed by atoms with Crippen LogP contribution in [0.15, 0.2) is 22.6 Å². The van der Waals surface area contributed by atoms with Crippen LogP contribution >= 0.6 is 11.6 Å². The predicted molar refractivity (Wildman–Crippen MR) is 97.4 cm³/mol. The van der Waals surface area contributed by atoms with Gasteiger partial charge in [-0.25, -0.2) is 13.1 Å². The lowest BCUT2D eigenvalue weighted by Gasteiger charge is -2.32. The number of fused-ring (bicyclic) bond motifs is 1. The van der Waals surface area contributed by atoms with Gasteiger partial charge in [0.25, 0.3) is 5.91 Å². The number of likely N-dealkylation sites (tertiary alicyclic amines) is 1. The van der Waals surface area contributed by atoms with Crippen LogP contribution in [0.2, 0.25) is 5.02 Å². The Labute approximate surface area is 152 Å². The van der Waals surface area contributed by atoms with Crippen LogP contribution < -0.4 is 4.72 Å². The Hall–Kier alpha value is -1.57. The van der Waals surface area contributed by atoms with Crippen molar-refractivity contribution in [2.24, 2.45) is 5.92 Å². The van der Waals surface area contributed by atoms with Crippen molar-refractivity contribution in [1.29, 1.82) is 0 Å². The molecule has 0 saturated carbocycles. The monoisotopic (exact) mass is 384 g/mol. The Morgan fingerprint density at radius 1 is 1.44 bits per heavy atom. The number of benzene rings is 1. The normalized spacial score (nSPS) is 18.7. The Bertz CT molecular complexity index is 907. The molecule has 1 aliphatic rings. The molecule has 1 N–H and O–H groups in total. The van der Waals surface area contributed by atoms with Gasteiger partial charge in [-0.3, -0.25) is 4.79 Å². The van der Waals surface area contributed by atoms with Crippen LogP contribution in [-0.2, 0) is 10.0 Å². The summed E-state index contributed by atoms with van der Waals surface area (Å²) in [5.74, 6) is 0.231. The highest BCUT2D eigenvalue weighted by atomic mass is 35.5. The number of para-hydroxylation sites is 1. The van der Waals surface area contributed by atoms with E-state index in [-0.39, 0.29) is 11.8 Å². The van der Waals surface area contributed by atoms with Gasteiger partial charge in [-0.1, -0.05) is 23.7 Å². The number of furan rings is 1. The van der Waals surface area contributed by atoms with Crippen molar-refractivity contribution in [3.63, 3.8) is 0 Å². The van der Waals surface area contributed by atoms with Crippen LogP contribution in [-0.4, -0.2) is 45.1 Å². The number of carbonyl (C=O) groups excluding carboxylic acids is 1. The molecule has 8 heteroatoms. The molecule has 1 saturated heterocycles. The molecule has 1 atom stereocenters. The van der Waals surface area contributed by atoms with Crippen molar-refractivity contribution < 1.29 is 17.6 Å². The number of amides is 1. The summed E-state index contributed by atoms with van der Waals surface area (Å²) in [4.78, 5) is 14.6. The first-order valence-corrected chi connectivity index (χ1v) is 10.4. The third-order valence-corrected chi connectivity index (χ3v) is 5.54. The maximum absolute atomic E-state index is 12.9. The molecular formula is C17H21ClN2O4S. The fourth-order valence-electron chi connectivity index (χ4n) is 3.24. The van der Waals surface area contributed by atoms with Crippen molar-refractivity contribution in [1.82, 2.24) is 9.62 Å². The Kier molecular flexibility index (Phi) is 5.09. The van der Waals surface area contributed by atoms with Gasteiger partial charge in [0.05, 0.1) is 11.3 Å². The first-order valence-electron chi connectivity index (χ1n) is 8.18. The first kappa shape index (κ1) is 18.2. The van der Waals surface area contributed by atoms with E-state index in [1.54, 1.807) is 11.0 Å². The molecule has 1 unspecified atom stereocenters. The van der Waals surface area contributed by atoms with Crippen LogP contribution in [0.25, 0.3) is 11.0 Å². The van der Waals surface area contributed by atoms with Gasteiger partial charge in [0.15, 0.2) is 11.3 Å². The van der Waals surface area contributed by atoms with Gasteiger partial charge >= 0.3 is 0 Å². The molecule has 1 aromatic carbocycles. The Morgan fingerprint density at radius 3 is 2.88 bits per heavy atom. The van der Waals surface area contributed by atoms with Crippen molar-refractivity contribution in [2.75, 3.05) is 25.9 Å². The molecule has 25 heavy (non-hydrogen) atoms. The summed E-state index contributed by atoms with van der Waals surface area (Å²) in [7, 11) is -3.23. The smallest absolute Gasteiger partial charge is 0.289 e. The second kappa shape index (κ2) is 6.97. The quantitative estimate of drug-likeness (QED) is 0.878. The topological polar surface area (TPSA) is 79.6 Å². The maximum Gasteiger partial charge on any atom is 0.289 e. The number of nitrogens with zero attached hydrogens (tertiary/aromatic N) is 1. The van der Waals surface area contributed by atoms with E-state index >= 15 is 0 Å². The zero-order chi connectivity index (χ0) is 18.2. The van der Waals surface area contributed by atoms with Crippen molar-refractivity contribution >= 4 is 38.5 Å². The number of aryl methyl sites for hydroxylation is 1. The zero-order valence-corrected chi connectivity index (χ0v) is 15.8. The summed E-state index contributed by atoms with van der Waals surface area (Å²) >= 11 is 6.16. The lowest BCUT2D eigenvalue weighted by molar-refractivity contribution is 0.0645. The second-order valence-corrected chi connectivity index (χ2v) is 8.79.